The van der Waals surface area contributed by atoms with Crippen LogP contribution in [-0.4, -0.2) is 20.1 Å². The summed E-state index contributed by atoms with van der Waals surface area (Å²) in [7, 11) is -3.83. The highest BCUT2D eigenvalue weighted by Crippen LogP contribution is 2.19. The van der Waals surface area contributed by atoms with Gasteiger partial charge in [-0.2, -0.15) is 0 Å². The van der Waals surface area contributed by atoms with Crippen LogP contribution in [0.25, 0.3) is 0 Å². The van der Waals surface area contributed by atoms with Gasteiger partial charge in [0.15, 0.2) is 0 Å². The molecule has 2 rings (SSSR count). The van der Waals surface area contributed by atoms with Crippen LogP contribution in [0.4, 0.5) is 10.1 Å². The molecule has 0 saturated carbocycles. The van der Waals surface area contributed by atoms with E-state index < -0.39 is 15.8 Å². The second kappa shape index (κ2) is 6.39. The Bertz CT molecular complexity index is 793. The summed E-state index contributed by atoms with van der Waals surface area (Å²) in [5.41, 5.74) is 0.192. The number of benzene rings is 2. The molecule has 0 aliphatic carbocycles. The van der Waals surface area contributed by atoms with E-state index in [1.807, 2.05) is 0 Å². The van der Waals surface area contributed by atoms with Crippen molar-refractivity contribution >= 4 is 15.7 Å². The summed E-state index contributed by atoms with van der Waals surface area (Å²) in [5, 5.41) is 8.57. The number of rotatable bonds is 3. The Morgan fingerprint density at radius 3 is 2.48 bits per heavy atom. The number of anilines is 1. The summed E-state index contributed by atoms with van der Waals surface area (Å²) in [6, 6.07) is 11.5. The van der Waals surface area contributed by atoms with Crippen LogP contribution in [-0.2, 0) is 10.0 Å². The minimum atomic E-state index is -3.83. The highest BCUT2D eigenvalue weighted by atomic mass is 32.2. The number of hydrogen-bond acceptors (Lipinski definition) is 3. The summed E-state index contributed by atoms with van der Waals surface area (Å²) in [4.78, 5) is 0.0496. The van der Waals surface area contributed by atoms with E-state index in [0.29, 0.717) is 5.56 Å². The molecule has 0 heterocycles. The fourth-order valence-corrected chi connectivity index (χ4v) is 2.71. The third kappa shape index (κ3) is 3.81. The summed E-state index contributed by atoms with van der Waals surface area (Å²) in [6.45, 7) is -0.329. The lowest BCUT2D eigenvalue weighted by Gasteiger charge is -2.09. The van der Waals surface area contributed by atoms with Crippen LogP contribution in [0.3, 0.4) is 0 Å². The molecule has 108 valence electrons. The van der Waals surface area contributed by atoms with E-state index >= 15 is 0 Å². The molecule has 0 bridgehead atoms. The molecular weight excluding hydrogens is 293 g/mol. The van der Waals surface area contributed by atoms with Gasteiger partial charge in [0.2, 0.25) is 0 Å². The number of hydrogen-bond donors (Lipinski definition) is 2. The van der Waals surface area contributed by atoms with E-state index in [1.165, 1.54) is 24.3 Å². The van der Waals surface area contributed by atoms with Crippen LogP contribution >= 0.6 is 0 Å². The van der Waals surface area contributed by atoms with E-state index in [-0.39, 0.29) is 17.2 Å². The van der Waals surface area contributed by atoms with Gasteiger partial charge in [0, 0.05) is 5.56 Å². The quantitative estimate of drug-likeness (QED) is 0.852. The van der Waals surface area contributed by atoms with Crippen molar-refractivity contribution in [3.8, 4) is 11.8 Å². The van der Waals surface area contributed by atoms with Crippen molar-refractivity contribution in [2.45, 2.75) is 4.90 Å². The first-order chi connectivity index (χ1) is 10.0. The first-order valence-electron chi connectivity index (χ1n) is 6.00. The number of halogens is 1. The predicted molar refractivity (Wildman–Crippen MR) is 77.6 cm³/mol. The Labute approximate surface area is 122 Å². The van der Waals surface area contributed by atoms with Gasteiger partial charge in [-0.1, -0.05) is 30.0 Å². The fourth-order valence-electron chi connectivity index (χ4n) is 1.62. The molecule has 4 nitrogen and oxygen atoms in total. The Balaban J connectivity index is 2.28. The van der Waals surface area contributed by atoms with Crippen molar-refractivity contribution in [3.05, 3.63) is 59.9 Å². The molecule has 0 unspecified atom stereocenters. The van der Waals surface area contributed by atoms with Crippen LogP contribution in [0.15, 0.2) is 53.4 Å². The number of aliphatic hydroxyl groups excluding tert-OH is 1. The molecule has 0 radical (unpaired) electrons. The number of nitrogens with one attached hydrogen (secondary N) is 1. The van der Waals surface area contributed by atoms with Gasteiger partial charge in [0.05, 0.1) is 10.6 Å². The normalized spacial score (nSPS) is 10.6. The minimum Gasteiger partial charge on any atom is -0.384 e. The molecule has 0 fully saturated rings. The maximum atomic E-state index is 13.9. The van der Waals surface area contributed by atoms with Gasteiger partial charge in [-0.15, -0.1) is 0 Å². The number of sulfonamides is 1. The van der Waals surface area contributed by atoms with E-state index in [2.05, 4.69) is 16.6 Å². The van der Waals surface area contributed by atoms with Crippen LogP contribution in [0.2, 0.25) is 0 Å². The van der Waals surface area contributed by atoms with Crippen molar-refractivity contribution < 1.29 is 17.9 Å². The van der Waals surface area contributed by atoms with Gasteiger partial charge in [-0.3, -0.25) is 4.72 Å². The lowest BCUT2D eigenvalue weighted by molar-refractivity contribution is 0.350. The first-order valence-corrected chi connectivity index (χ1v) is 7.48. The molecular formula is C15H12FNO3S. The molecule has 2 aromatic carbocycles. The monoisotopic (exact) mass is 305 g/mol. The lowest BCUT2D eigenvalue weighted by atomic mass is 10.2. The van der Waals surface area contributed by atoms with Gasteiger partial charge >= 0.3 is 0 Å². The maximum absolute atomic E-state index is 13.9. The van der Waals surface area contributed by atoms with Crippen LogP contribution in [0.5, 0.6) is 0 Å². The summed E-state index contributed by atoms with van der Waals surface area (Å²) < 4.78 is 40.2. The zero-order valence-electron chi connectivity index (χ0n) is 10.9. The highest BCUT2D eigenvalue weighted by molar-refractivity contribution is 7.92. The van der Waals surface area contributed by atoms with Crippen molar-refractivity contribution in [2.24, 2.45) is 0 Å². The van der Waals surface area contributed by atoms with Gasteiger partial charge in [-0.05, 0) is 30.3 Å². The van der Waals surface area contributed by atoms with Crippen LogP contribution < -0.4 is 4.72 Å². The van der Waals surface area contributed by atoms with Gasteiger partial charge in [-0.25, -0.2) is 12.8 Å². The average Bonchev–Trinajstić information content (AvgIpc) is 2.48. The average molecular weight is 305 g/mol. The van der Waals surface area contributed by atoms with Crippen molar-refractivity contribution in [2.75, 3.05) is 11.3 Å². The highest BCUT2D eigenvalue weighted by Gasteiger charge is 2.15. The second-order valence-electron chi connectivity index (χ2n) is 4.07. The van der Waals surface area contributed by atoms with E-state index in [9.17, 15) is 12.8 Å². The fraction of sp³-hybridized carbons (Fsp3) is 0.0667. The third-order valence-corrected chi connectivity index (χ3v) is 3.96. The topological polar surface area (TPSA) is 66.4 Å². The van der Waals surface area contributed by atoms with Gasteiger partial charge < -0.3 is 5.11 Å². The molecule has 0 amide bonds. The second-order valence-corrected chi connectivity index (χ2v) is 5.76. The SMILES string of the molecule is O=S(=O)(Nc1ccc(C#CCO)cc1F)c1ccccc1. The van der Waals surface area contributed by atoms with Crippen molar-refractivity contribution in [3.63, 3.8) is 0 Å². The summed E-state index contributed by atoms with van der Waals surface area (Å²) in [5.74, 6) is 4.19. The molecule has 0 aliphatic heterocycles. The molecule has 0 aliphatic rings. The van der Waals surface area contributed by atoms with E-state index in [1.54, 1.807) is 18.2 Å². The maximum Gasteiger partial charge on any atom is 0.261 e. The van der Waals surface area contributed by atoms with E-state index in [0.717, 1.165) is 6.07 Å². The molecule has 0 saturated heterocycles. The largest absolute Gasteiger partial charge is 0.384 e. The van der Waals surface area contributed by atoms with Crippen LogP contribution in [0, 0.1) is 17.7 Å². The number of aliphatic hydroxyl groups is 1. The smallest absolute Gasteiger partial charge is 0.261 e. The predicted octanol–water partition coefficient (Wildman–Crippen LogP) is 1.97. The molecule has 2 aromatic rings. The molecule has 21 heavy (non-hydrogen) atoms. The van der Waals surface area contributed by atoms with Gasteiger partial charge in [0.1, 0.15) is 12.4 Å². The Morgan fingerprint density at radius 1 is 1.14 bits per heavy atom. The molecule has 6 heteroatoms. The molecule has 0 atom stereocenters. The Hall–Kier alpha value is -2.36. The van der Waals surface area contributed by atoms with E-state index in [4.69, 9.17) is 5.11 Å². The molecule has 2 N–H and O–H groups in total. The zero-order valence-corrected chi connectivity index (χ0v) is 11.7. The summed E-state index contributed by atoms with van der Waals surface area (Å²) >= 11 is 0. The minimum absolute atomic E-state index is 0.0496. The third-order valence-electron chi connectivity index (χ3n) is 2.58. The first kappa shape index (κ1) is 15.0. The zero-order chi connectivity index (χ0) is 15.3. The summed E-state index contributed by atoms with van der Waals surface area (Å²) in [6.07, 6.45) is 0. The molecule has 0 spiro atoms. The lowest BCUT2D eigenvalue weighted by Crippen LogP contribution is -2.13. The molecule has 0 aromatic heterocycles. The Kier molecular flexibility index (Phi) is 4.58. The van der Waals surface area contributed by atoms with Crippen molar-refractivity contribution in [1.82, 2.24) is 0 Å². The standard InChI is InChI=1S/C15H12FNO3S/c16-14-11-12(5-4-10-18)8-9-15(14)17-21(19,20)13-6-2-1-3-7-13/h1-3,6-9,11,17-18H,10H2. The van der Waals surface area contributed by atoms with Gasteiger partial charge in [0.25, 0.3) is 10.0 Å². The Morgan fingerprint density at radius 2 is 1.86 bits per heavy atom. The van der Waals surface area contributed by atoms with Crippen LogP contribution in [0.1, 0.15) is 5.56 Å². The van der Waals surface area contributed by atoms with Crippen molar-refractivity contribution in [1.29, 1.82) is 0 Å².